The molecular formula is C22H33IN4O3S. The van der Waals surface area contributed by atoms with Gasteiger partial charge in [0.15, 0.2) is 5.96 Å². The highest BCUT2D eigenvalue weighted by atomic mass is 127. The van der Waals surface area contributed by atoms with Gasteiger partial charge in [0.25, 0.3) is 0 Å². The number of nitrogens with zero attached hydrogens (tertiary/aromatic N) is 1. The third kappa shape index (κ3) is 9.04. The SMILES string of the molecule is CCNC(=NCc1ccc(OC)cc1)NCc1ccccc1S(=O)(=O)NC(C)(C)C.I. The molecule has 0 aliphatic carbocycles. The lowest BCUT2D eigenvalue weighted by Crippen LogP contribution is -2.41. The van der Waals surface area contributed by atoms with Gasteiger partial charge in [0.2, 0.25) is 10.0 Å². The first kappa shape index (κ1) is 27.2. The molecule has 2 aromatic rings. The summed E-state index contributed by atoms with van der Waals surface area (Å²) in [6.07, 6.45) is 0. The number of halogens is 1. The van der Waals surface area contributed by atoms with Gasteiger partial charge in [-0.2, -0.15) is 0 Å². The van der Waals surface area contributed by atoms with Crippen LogP contribution in [0.2, 0.25) is 0 Å². The number of nitrogens with one attached hydrogen (secondary N) is 3. The molecule has 0 radical (unpaired) electrons. The number of ether oxygens (including phenoxy) is 1. The van der Waals surface area contributed by atoms with Crippen molar-refractivity contribution in [2.45, 2.75) is 51.2 Å². The van der Waals surface area contributed by atoms with Crippen molar-refractivity contribution in [3.05, 3.63) is 59.7 Å². The fraction of sp³-hybridized carbons (Fsp3) is 0.409. The number of aliphatic imine (C=N–C) groups is 1. The minimum Gasteiger partial charge on any atom is -0.497 e. The van der Waals surface area contributed by atoms with Gasteiger partial charge in [-0.15, -0.1) is 24.0 Å². The van der Waals surface area contributed by atoms with Crippen LogP contribution in [-0.4, -0.2) is 33.6 Å². The Kier molecular flexibility index (Phi) is 10.7. The molecule has 7 nitrogen and oxygen atoms in total. The molecule has 0 amide bonds. The first-order valence-corrected chi connectivity index (χ1v) is 11.4. The van der Waals surface area contributed by atoms with Gasteiger partial charge in [0.1, 0.15) is 5.75 Å². The number of sulfonamides is 1. The molecule has 0 saturated heterocycles. The van der Waals surface area contributed by atoms with Crippen molar-refractivity contribution in [2.75, 3.05) is 13.7 Å². The standard InChI is InChI=1S/C22H32N4O3S.HI/c1-6-23-21(24-15-17-11-13-19(29-5)14-12-17)25-16-18-9-7-8-10-20(18)30(27,28)26-22(2,3)4;/h7-14,26H,6,15-16H2,1-5H3,(H2,23,24,25);1H. The summed E-state index contributed by atoms with van der Waals surface area (Å²) in [4.78, 5) is 4.86. The van der Waals surface area contributed by atoms with Gasteiger partial charge in [-0.05, 0) is 57.0 Å². The van der Waals surface area contributed by atoms with Gasteiger partial charge in [-0.1, -0.05) is 30.3 Å². The summed E-state index contributed by atoms with van der Waals surface area (Å²) in [5.74, 6) is 1.42. The molecular weight excluding hydrogens is 527 g/mol. The van der Waals surface area contributed by atoms with Crippen molar-refractivity contribution in [1.29, 1.82) is 0 Å². The van der Waals surface area contributed by atoms with E-state index >= 15 is 0 Å². The molecule has 0 spiro atoms. The van der Waals surface area contributed by atoms with E-state index in [1.807, 2.05) is 58.0 Å². The summed E-state index contributed by atoms with van der Waals surface area (Å²) in [6.45, 7) is 8.96. The molecule has 0 heterocycles. The summed E-state index contributed by atoms with van der Waals surface area (Å²) in [7, 11) is -2.00. The Labute approximate surface area is 203 Å². The number of hydrogen-bond donors (Lipinski definition) is 3. The van der Waals surface area contributed by atoms with E-state index in [1.54, 1.807) is 25.3 Å². The smallest absolute Gasteiger partial charge is 0.241 e. The number of benzene rings is 2. The molecule has 2 aromatic carbocycles. The molecule has 172 valence electrons. The van der Waals surface area contributed by atoms with Crippen LogP contribution in [-0.2, 0) is 23.1 Å². The Balaban J connectivity index is 0.00000480. The summed E-state index contributed by atoms with van der Waals surface area (Å²) in [6, 6.07) is 14.7. The Morgan fingerprint density at radius 3 is 2.26 bits per heavy atom. The van der Waals surface area contributed by atoms with Crippen LogP contribution >= 0.6 is 24.0 Å². The molecule has 0 bridgehead atoms. The predicted molar refractivity (Wildman–Crippen MR) is 137 cm³/mol. The molecule has 0 aliphatic heterocycles. The van der Waals surface area contributed by atoms with Crippen LogP contribution < -0.4 is 20.1 Å². The molecule has 0 fully saturated rings. The monoisotopic (exact) mass is 560 g/mol. The van der Waals surface area contributed by atoms with Crippen molar-refractivity contribution >= 4 is 40.0 Å². The van der Waals surface area contributed by atoms with E-state index in [0.717, 1.165) is 11.3 Å². The van der Waals surface area contributed by atoms with Crippen LogP contribution in [0.15, 0.2) is 58.4 Å². The second-order valence-corrected chi connectivity index (χ2v) is 9.51. The number of hydrogen-bond acceptors (Lipinski definition) is 4. The van der Waals surface area contributed by atoms with Crippen molar-refractivity contribution in [3.8, 4) is 5.75 Å². The summed E-state index contributed by atoms with van der Waals surface area (Å²) < 4.78 is 33.5. The van der Waals surface area contributed by atoms with Crippen LogP contribution in [0.3, 0.4) is 0 Å². The van der Waals surface area contributed by atoms with Crippen molar-refractivity contribution < 1.29 is 13.2 Å². The van der Waals surface area contributed by atoms with Gasteiger partial charge in [-0.3, -0.25) is 0 Å². The molecule has 0 saturated carbocycles. The minimum atomic E-state index is -3.63. The molecule has 0 aromatic heterocycles. The topological polar surface area (TPSA) is 91.8 Å². The van der Waals surface area contributed by atoms with Crippen molar-refractivity contribution in [1.82, 2.24) is 15.4 Å². The van der Waals surface area contributed by atoms with Gasteiger partial charge < -0.3 is 15.4 Å². The van der Waals surface area contributed by atoms with E-state index in [0.29, 0.717) is 31.2 Å². The van der Waals surface area contributed by atoms with Crippen molar-refractivity contribution in [2.24, 2.45) is 4.99 Å². The van der Waals surface area contributed by atoms with Crippen LogP contribution in [0.5, 0.6) is 5.75 Å². The fourth-order valence-electron chi connectivity index (χ4n) is 2.79. The Hall–Kier alpha value is -1.85. The maximum atomic E-state index is 12.8. The lowest BCUT2D eigenvalue weighted by atomic mass is 10.1. The zero-order valence-corrected chi connectivity index (χ0v) is 21.9. The molecule has 2 rings (SSSR count). The highest BCUT2D eigenvalue weighted by Gasteiger charge is 2.24. The molecule has 9 heteroatoms. The van der Waals surface area contributed by atoms with E-state index < -0.39 is 15.6 Å². The molecule has 31 heavy (non-hydrogen) atoms. The normalized spacial score (nSPS) is 12.1. The van der Waals surface area contributed by atoms with Crippen LogP contribution in [0, 0.1) is 0 Å². The zero-order chi connectivity index (χ0) is 22.2. The van der Waals surface area contributed by atoms with Crippen LogP contribution in [0.25, 0.3) is 0 Å². The highest BCUT2D eigenvalue weighted by Crippen LogP contribution is 2.18. The van der Waals surface area contributed by atoms with Crippen LogP contribution in [0.1, 0.15) is 38.8 Å². The first-order valence-electron chi connectivity index (χ1n) is 9.91. The molecule has 0 unspecified atom stereocenters. The zero-order valence-electron chi connectivity index (χ0n) is 18.7. The van der Waals surface area contributed by atoms with E-state index in [9.17, 15) is 8.42 Å². The summed E-state index contributed by atoms with van der Waals surface area (Å²) in [5.41, 5.74) is 1.16. The quantitative estimate of drug-likeness (QED) is 0.261. The largest absolute Gasteiger partial charge is 0.497 e. The Morgan fingerprint density at radius 1 is 1.03 bits per heavy atom. The number of methoxy groups -OCH3 is 1. The number of rotatable bonds is 8. The van der Waals surface area contributed by atoms with Gasteiger partial charge in [0.05, 0.1) is 18.6 Å². The second-order valence-electron chi connectivity index (χ2n) is 7.86. The maximum Gasteiger partial charge on any atom is 0.241 e. The summed E-state index contributed by atoms with van der Waals surface area (Å²) in [5, 5.41) is 6.42. The van der Waals surface area contributed by atoms with E-state index in [4.69, 9.17) is 4.74 Å². The Bertz CT molecular complexity index is 955. The van der Waals surface area contributed by atoms with Gasteiger partial charge >= 0.3 is 0 Å². The highest BCUT2D eigenvalue weighted by molar-refractivity contribution is 14.0. The average Bonchev–Trinajstić information content (AvgIpc) is 2.69. The maximum absolute atomic E-state index is 12.8. The number of guanidine groups is 1. The second kappa shape index (κ2) is 12.3. The van der Waals surface area contributed by atoms with E-state index in [1.165, 1.54) is 0 Å². The van der Waals surface area contributed by atoms with Gasteiger partial charge in [-0.25, -0.2) is 18.1 Å². The lowest BCUT2D eigenvalue weighted by Gasteiger charge is -2.22. The molecule has 0 aliphatic rings. The third-order valence-electron chi connectivity index (χ3n) is 4.07. The molecule has 0 atom stereocenters. The van der Waals surface area contributed by atoms with Crippen LogP contribution in [0.4, 0.5) is 0 Å². The fourth-order valence-corrected chi connectivity index (χ4v) is 4.45. The third-order valence-corrected chi connectivity index (χ3v) is 5.93. The van der Waals surface area contributed by atoms with E-state index in [-0.39, 0.29) is 28.9 Å². The lowest BCUT2D eigenvalue weighted by molar-refractivity contribution is 0.414. The van der Waals surface area contributed by atoms with Gasteiger partial charge in [0, 0.05) is 18.6 Å². The van der Waals surface area contributed by atoms with Crippen molar-refractivity contribution in [3.63, 3.8) is 0 Å². The first-order chi connectivity index (χ1) is 14.1. The predicted octanol–water partition coefficient (Wildman–Crippen LogP) is 3.65. The minimum absolute atomic E-state index is 0. The van der Waals surface area contributed by atoms with E-state index in [2.05, 4.69) is 20.3 Å². The molecule has 3 N–H and O–H groups in total. The Morgan fingerprint density at radius 2 is 1.68 bits per heavy atom. The summed E-state index contributed by atoms with van der Waals surface area (Å²) >= 11 is 0. The average molecular weight is 561 g/mol.